The van der Waals surface area contributed by atoms with Gasteiger partial charge in [0.05, 0.1) is 10.7 Å². The van der Waals surface area contributed by atoms with E-state index in [0.717, 1.165) is 22.9 Å². The molecule has 0 radical (unpaired) electrons. The summed E-state index contributed by atoms with van der Waals surface area (Å²) in [5.74, 6) is 0. The minimum absolute atomic E-state index is 0.471. The number of aromatic nitrogens is 2. The number of imidazole rings is 1. The van der Waals surface area contributed by atoms with E-state index in [2.05, 4.69) is 24.1 Å². The smallest absolute Gasteiger partial charge is 0.137 e. The van der Waals surface area contributed by atoms with Crippen molar-refractivity contribution < 1.29 is 0 Å². The standard InChI is InChI=1S/C11H14ClN3/c1-8(2)13-5-10-7-15-6-9(12)3-4-11(15)14-10/h3-4,6-8,13H,5H2,1-2H3. The maximum atomic E-state index is 5.89. The Morgan fingerprint density at radius 2 is 2.20 bits per heavy atom. The molecule has 15 heavy (non-hydrogen) atoms. The molecule has 0 aliphatic rings. The minimum Gasteiger partial charge on any atom is -0.309 e. The monoisotopic (exact) mass is 223 g/mol. The summed E-state index contributed by atoms with van der Waals surface area (Å²) in [6, 6.07) is 4.24. The van der Waals surface area contributed by atoms with E-state index in [1.54, 1.807) is 0 Å². The maximum Gasteiger partial charge on any atom is 0.137 e. The Morgan fingerprint density at radius 3 is 2.93 bits per heavy atom. The second-order valence-electron chi connectivity index (χ2n) is 3.88. The van der Waals surface area contributed by atoms with Crippen molar-refractivity contribution in [1.82, 2.24) is 14.7 Å². The predicted octanol–water partition coefficient (Wildman–Crippen LogP) is 2.49. The average Bonchev–Trinajstić information content (AvgIpc) is 2.56. The summed E-state index contributed by atoms with van der Waals surface area (Å²) in [4.78, 5) is 4.47. The van der Waals surface area contributed by atoms with Gasteiger partial charge in [0.15, 0.2) is 0 Å². The van der Waals surface area contributed by atoms with Crippen molar-refractivity contribution in [3.63, 3.8) is 0 Å². The van der Waals surface area contributed by atoms with Crippen molar-refractivity contribution in [3.05, 3.63) is 35.2 Å². The van der Waals surface area contributed by atoms with Crippen molar-refractivity contribution in [1.29, 1.82) is 0 Å². The summed E-state index contributed by atoms with van der Waals surface area (Å²) in [5, 5.41) is 4.05. The molecule has 0 aliphatic heterocycles. The van der Waals surface area contributed by atoms with Gasteiger partial charge in [0, 0.05) is 25.0 Å². The summed E-state index contributed by atoms with van der Waals surface area (Å²) in [6.07, 6.45) is 3.86. The normalized spacial score (nSPS) is 11.5. The number of nitrogens with one attached hydrogen (secondary N) is 1. The van der Waals surface area contributed by atoms with E-state index in [9.17, 15) is 0 Å². The number of nitrogens with zero attached hydrogens (tertiary/aromatic N) is 2. The lowest BCUT2D eigenvalue weighted by Gasteiger charge is -2.04. The van der Waals surface area contributed by atoms with Crippen LogP contribution in [0.15, 0.2) is 24.5 Å². The molecule has 2 heterocycles. The molecular formula is C11H14ClN3. The van der Waals surface area contributed by atoms with Crippen LogP contribution in [-0.4, -0.2) is 15.4 Å². The van der Waals surface area contributed by atoms with Crippen LogP contribution in [0.25, 0.3) is 5.65 Å². The number of hydrogen-bond acceptors (Lipinski definition) is 2. The van der Waals surface area contributed by atoms with Crippen LogP contribution in [0, 0.1) is 0 Å². The summed E-state index contributed by atoms with van der Waals surface area (Å²) >= 11 is 5.89. The molecule has 4 heteroatoms. The number of hydrogen-bond donors (Lipinski definition) is 1. The maximum absolute atomic E-state index is 5.89. The topological polar surface area (TPSA) is 29.3 Å². The SMILES string of the molecule is CC(C)NCc1cn2cc(Cl)ccc2n1. The van der Waals surface area contributed by atoms with Crippen LogP contribution < -0.4 is 5.32 Å². The van der Waals surface area contributed by atoms with Crippen molar-refractivity contribution >= 4 is 17.2 Å². The average molecular weight is 224 g/mol. The van der Waals surface area contributed by atoms with Gasteiger partial charge in [-0.15, -0.1) is 0 Å². The Morgan fingerprint density at radius 1 is 1.40 bits per heavy atom. The summed E-state index contributed by atoms with van der Waals surface area (Å²) < 4.78 is 1.94. The fourth-order valence-electron chi connectivity index (χ4n) is 1.41. The molecule has 80 valence electrons. The van der Waals surface area contributed by atoms with Gasteiger partial charge in [0.25, 0.3) is 0 Å². The van der Waals surface area contributed by atoms with E-state index in [-0.39, 0.29) is 0 Å². The van der Waals surface area contributed by atoms with Gasteiger partial charge in [0.1, 0.15) is 5.65 Å². The first-order valence-corrected chi connectivity index (χ1v) is 5.39. The second-order valence-corrected chi connectivity index (χ2v) is 4.32. The molecule has 0 saturated carbocycles. The van der Waals surface area contributed by atoms with E-state index < -0.39 is 0 Å². The molecule has 0 bridgehead atoms. The Kier molecular flexibility index (Phi) is 2.93. The number of rotatable bonds is 3. The Labute approximate surface area is 94.1 Å². The Balaban J connectivity index is 2.23. The molecule has 0 unspecified atom stereocenters. The lowest BCUT2D eigenvalue weighted by molar-refractivity contribution is 0.583. The van der Waals surface area contributed by atoms with E-state index in [0.29, 0.717) is 6.04 Å². The molecule has 0 aromatic carbocycles. The zero-order valence-electron chi connectivity index (χ0n) is 8.87. The third-order valence-corrected chi connectivity index (χ3v) is 2.38. The van der Waals surface area contributed by atoms with Gasteiger partial charge in [0.2, 0.25) is 0 Å². The van der Waals surface area contributed by atoms with Crippen LogP contribution in [0.2, 0.25) is 5.02 Å². The first-order chi connectivity index (χ1) is 7.15. The van der Waals surface area contributed by atoms with E-state index in [1.165, 1.54) is 0 Å². The van der Waals surface area contributed by atoms with Crippen LogP contribution in [0.1, 0.15) is 19.5 Å². The molecule has 1 N–H and O–H groups in total. The zero-order chi connectivity index (χ0) is 10.8. The fraction of sp³-hybridized carbons (Fsp3) is 0.364. The molecule has 0 saturated heterocycles. The van der Waals surface area contributed by atoms with Crippen molar-refractivity contribution in [2.24, 2.45) is 0 Å². The van der Waals surface area contributed by atoms with Crippen molar-refractivity contribution in [3.8, 4) is 0 Å². The number of halogens is 1. The molecule has 0 aliphatic carbocycles. The summed E-state index contributed by atoms with van der Waals surface area (Å²) in [5.41, 5.74) is 1.96. The van der Waals surface area contributed by atoms with E-state index >= 15 is 0 Å². The van der Waals surface area contributed by atoms with Gasteiger partial charge >= 0.3 is 0 Å². The van der Waals surface area contributed by atoms with Gasteiger partial charge in [-0.05, 0) is 12.1 Å². The summed E-state index contributed by atoms with van der Waals surface area (Å²) in [7, 11) is 0. The quantitative estimate of drug-likeness (QED) is 0.867. The summed E-state index contributed by atoms with van der Waals surface area (Å²) in [6.45, 7) is 5.02. The molecule has 0 spiro atoms. The highest BCUT2D eigenvalue weighted by Crippen LogP contribution is 2.11. The van der Waals surface area contributed by atoms with Crippen LogP contribution in [0.5, 0.6) is 0 Å². The van der Waals surface area contributed by atoms with Gasteiger partial charge in [-0.1, -0.05) is 25.4 Å². The van der Waals surface area contributed by atoms with E-state index in [1.807, 2.05) is 28.9 Å². The van der Waals surface area contributed by atoms with Gasteiger partial charge < -0.3 is 9.72 Å². The van der Waals surface area contributed by atoms with Crippen LogP contribution >= 0.6 is 11.6 Å². The van der Waals surface area contributed by atoms with Gasteiger partial charge in [-0.25, -0.2) is 4.98 Å². The Bertz CT molecular complexity index is 462. The number of fused-ring (bicyclic) bond motifs is 1. The largest absolute Gasteiger partial charge is 0.309 e. The number of pyridine rings is 1. The highest BCUT2D eigenvalue weighted by Gasteiger charge is 2.02. The zero-order valence-corrected chi connectivity index (χ0v) is 9.62. The Hall–Kier alpha value is -1.06. The third kappa shape index (κ3) is 2.49. The molecular weight excluding hydrogens is 210 g/mol. The van der Waals surface area contributed by atoms with Crippen LogP contribution in [0.3, 0.4) is 0 Å². The van der Waals surface area contributed by atoms with Gasteiger partial charge in [-0.3, -0.25) is 0 Å². The van der Waals surface area contributed by atoms with Crippen LogP contribution in [-0.2, 0) is 6.54 Å². The van der Waals surface area contributed by atoms with E-state index in [4.69, 9.17) is 11.6 Å². The molecule has 2 aromatic rings. The predicted molar refractivity (Wildman–Crippen MR) is 62.2 cm³/mol. The molecule has 0 fully saturated rings. The minimum atomic E-state index is 0.471. The molecule has 2 rings (SSSR count). The lowest BCUT2D eigenvalue weighted by Crippen LogP contribution is -2.21. The first-order valence-electron chi connectivity index (χ1n) is 5.01. The first kappa shape index (κ1) is 10.5. The lowest BCUT2D eigenvalue weighted by atomic mass is 10.3. The van der Waals surface area contributed by atoms with Crippen LogP contribution in [0.4, 0.5) is 0 Å². The van der Waals surface area contributed by atoms with Crippen molar-refractivity contribution in [2.75, 3.05) is 0 Å². The molecule has 0 atom stereocenters. The second kappa shape index (κ2) is 4.21. The molecule has 0 amide bonds. The highest BCUT2D eigenvalue weighted by molar-refractivity contribution is 6.30. The van der Waals surface area contributed by atoms with Gasteiger partial charge in [-0.2, -0.15) is 0 Å². The third-order valence-electron chi connectivity index (χ3n) is 2.16. The van der Waals surface area contributed by atoms with Crippen molar-refractivity contribution in [2.45, 2.75) is 26.4 Å². The highest BCUT2D eigenvalue weighted by atomic mass is 35.5. The fourth-order valence-corrected chi connectivity index (χ4v) is 1.58. The molecule has 3 nitrogen and oxygen atoms in total. The molecule has 2 aromatic heterocycles.